The number of rotatable bonds is 7. The lowest BCUT2D eigenvalue weighted by atomic mass is 10.3. The Bertz CT molecular complexity index is 427. The van der Waals surface area contributed by atoms with Crippen molar-refractivity contribution in [1.29, 1.82) is 0 Å². The third kappa shape index (κ3) is 5.02. The fourth-order valence-electron chi connectivity index (χ4n) is 1.70. The topological polar surface area (TPSA) is 83.3 Å². The van der Waals surface area contributed by atoms with E-state index in [1.54, 1.807) is 19.2 Å². The number of hydrazine groups is 1. The molecule has 0 unspecified atom stereocenters. The third-order valence-corrected chi connectivity index (χ3v) is 2.97. The first-order valence-electron chi connectivity index (χ1n) is 6.15. The van der Waals surface area contributed by atoms with Crippen molar-refractivity contribution in [2.45, 2.75) is 19.9 Å². The number of amides is 1. The summed E-state index contributed by atoms with van der Waals surface area (Å²) in [5.74, 6) is 5.85. The van der Waals surface area contributed by atoms with Crippen molar-refractivity contribution in [3.63, 3.8) is 0 Å². The molecule has 106 valence electrons. The molecule has 0 saturated heterocycles. The highest BCUT2D eigenvalue weighted by molar-refractivity contribution is 6.31. The molecule has 0 aliphatic rings. The number of likely N-dealkylation sites (N-methyl/N-ethyl adjacent to an activating group) is 1. The van der Waals surface area contributed by atoms with Crippen LogP contribution in [0.1, 0.15) is 19.0 Å². The van der Waals surface area contributed by atoms with Crippen LogP contribution in [0.2, 0.25) is 5.02 Å². The van der Waals surface area contributed by atoms with Crippen LogP contribution in [0.4, 0.5) is 5.82 Å². The summed E-state index contributed by atoms with van der Waals surface area (Å²) in [6.07, 6.45) is 0.948. The number of carbonyl (C=O) groups excluding carboxylic acids is 1. The number of pyridine rings is 1. The second kappa shape index (κ2) is 7.93. The van der Waals surface area contributed by atoms with Crippen LogP contribution < -0.4 is 16.6 Å². The zero-order chi connectivity index (χ0) is 14.3. The molecule has 6 nitrogen and oxygen atoms in total. The Balaban J connectivity index is 2.80. The molecule has 0 aromatic carbocycles. The maximum atomic E-state index is 11.5. The summed E-state index contributed by atoms with van der Waals surface area (Å²) in [6, 6.07) is 3.44. The molecule has 0 bridgehead atoms. The lowest BCUT2D eigenvalue weighted by Crippen LogP contribution is -2.36. The molecule has 0 saturated carbocycles. The number of hydrogen-bond donors (Lipinski definition) is 3. The van der Waals surface area contributed by atoms with E-state index in [1.165, 1.54) is 0 Å². The molecule has 0 aliphatic carbocycles. The van der Waals surface area contributed by atoms with Crippen LogP contribution in [0.3, 0.4) is 0 Å². The summed E-state index contributed by atoms with van der Waals surface area (Å²) >= 11 is 6.11. The number of hydrogen-bond acceptors (Lipinski definition) is 5. The first-order chi connectivity index (χ1) is 9.10. The van der Waals surface area contributed by atoms with Crippen molar-refractivity contribution >= 4 is 23.3 Å². The number of aromatic nitrogens is 1. The molecule has 0 radical (unpaired) electrons. The smallest absolute Gasteiger partial charge is 0.233 e. The Morgan fingerprint density at radius 1 is 1.53 bits per heavy atom. The number of halogens is 1. The molecule has 0 aliphatic heterocycles. The van der Waals surface area contributed by atoms with E-state index in [0.717, 1.165) is 13.0 Å². The van der Waals surface area contributed by atoms with E-state index in [-0.39, 0.29) is 5.91 Å². The SMILES string of the molecule is CCCN(CC(=O)NC)Cc1nc(NN)ccc1Cl. The minimum Gasteiger partial charge on any atom is -0.358 e. The highest BCUT2D eigenvalue weighted by atomic mass is 35.5. The van der Waals surface area contributed by atoms with Gasteiger partial charge in [0.15, 0.2) is 0 Å². The average molecular weight is 286 g/mol. The first kappa shape index (κ1) is 15.7. The van der Waals surface area contributed by atoms with Gasteiger partial charge in [-0.15, -0.1) is 0 Å². The second-order valence-corrected chi connectivity index (χ2v) is 4.56. The quantitative estimate of drug-likeness (QED) is 0.514. The predicted molar refractivity (Wildman–Crippen MR) is 76.7 cm³/mol. The van der Waals surface area contributed by atoms with Gasteiger partial charge in [-0.25, -0.2) is 10.8 Å². The van der Waals surface area contributed by atoms with Crippen molar-refractivity contribution in [3.05, 3.63) is 22.8 Å². The van der Waals surface area contributed by atoms with Gasteiger partial charge in [-0.2, -0.15) is 0 Å². The monoisotopic (exact) mass is 285 g/mol. The van der Waals surface area contributed by atoms with Crippen molar-refractivity contribution < 1.29 is 4.79 Å². The number of anilines is 1. The van der Waals surface area contributed by atoms with Gasteiger partial charge in [-0.05, 0) is 25.1 Å². The zero-order valence-electron chi connectivity index (χ0n) is 11.2. The van der Waals surface area contributed by atoms with Gasteiger partial charge >= 0.3 is 0 Å². The Morgan fingerprint density at radius 3 is 2.84 bits per heavy atom. The van der Waals surface area contributed by atoms with Crippen LogP contribution in [0, 0.1) is 0 Å². The van der Waals surface area contributed by atoms with Gasteiger partial charge < -0.3 is 10.7 Å². The lowest BCUT2D eigenvalue weighted by Gasteiger charge is -2.21. The average Bonchev–Trinajstić information content (AvgIpc) is 2.41. The van der Waals surface area contributed by atoms with Crippen LogP contribution in [0.15, 0.2) is 12.1 Å². The largest absolute Gasteiger partial charge is 0.358 e. The number of nitrogens with two attached hydrogens (primary N) is 1. The van der Waals surface area contributed by atoms with Crippen LogP contribution >= 0.6 is 11.6 Å². The van der Waals surface area contributed by atoms with Gasteiger partial charge in [0.05, 0.1) is 17.3 Å². The first-order valence-corrected chi connectivity index (χ1v) is 6.53. The minimum absolute atomic E-state index is 0.0299. The molecular weight excluding hydrogens is 266 g/mol. The van der Waals surface area contributed by atoms with E-state index in [1.807, 2.05) is 4.90 Å². The molecule has 0 atom stereocenters. The van der Waals surface area contributed by atoms with Crippen molar-refractivity contribution in [2.24, 2.45) is 5.84 Å². The fraction of sp³-hybridized carbons (Fsp3) is 0.500. The van der Waals surface area contributed by atoms with E-state index in [9.17, 15) is 4.79 Å². The zero-order valence-corrected chi connectivity index (χ0v) is 12.0. The molecule has 19 heavy (non-hydrogen) atoms. The van der Waals surface area contributed by atoms with Crippen LogP contribution in [-0.4, -0.2) is 35.9 Å². The van der Waals surface area contributed by atoms with Gasteiger partial charge in [-0.3, -0.25) is 9.69 Å². The van der Waals surface area contributed by atoms with Gasteiger partial charge in [0.2, 0.25) is 5.91 Å². The second-order valence-electron chi connectivity index (χ2n) is 4.15. The Morgan fingerprint density at radius 2 is 2.26 bits per heavy atom. The summed E-state index contributed by atoms with van der Waals surface area (Å²) in [4.78, 5) is 17.8. The minimum atomic E-state index is -0.0299. The summed E-state index contributed by atoms with van der Waals surface area (Å²) < 4.78 is 0. The summed E-state index contributed by atoms with van der Waals surface area (Å²) in [6.45, 7) is 3.69. The fourth-order valence-corrected chi connectivity index (χ4v) is 1.86. The lowest BCUT2D eigenvalue weighted by molar-refractivity contribution is -0.121. The maximum Gasteiger partial charge on any atom is 0.233 e. The Labute approximate surface area is 118 Å². The van der Waals surface area contributed by atoms with Crippen LogP contribution in [0.25, 0.3) is 0 Å². The summed E-state index contributed by atoms with van der Waals surface area (Å²) in [7, 11) is 1.62. The van der Waals surface area contributed by atoms with E-state index in [0.29, 0.717) is 29.6 Å². The molecular formula is C12H20ClN5O. The van der Waals surface area contributed by atoms with E-state index >= 15 is 0 Å². The van der Waals surface area contributed by atoms with Gasteiger partial charge in [-0.1, -0.05) is 18.5 Å². The molecule has 1 rings (SSSR count). The molecule has 7 heteroatoms. The number of nitrogen functional groups attached to an aromatic ring is 1. The van der Waals surface area contributed by atoms with Gasteiger partial charge in [0.1, 0.15) is 5.82 Å². The Kier molecular flexibility index (Phi) is 6.55. The van der Waals surface area contributed by atoms with Crippen LogP contribution in [-0.2, 0) is 11.3 Å². The molecule has 1 heterocycles. The summed E-state index contributed by atoms with van der Waals surface area (Å²) in [5.41, 5.74) is 3.19. The summed E-state index contributed by atoms with van der Waals surface area (Å²) in [5, 5.41) is 3.18. The molecule has 4 N–H and O–H groups in total. The van der Waals surface area contributed by atoms with Gasteiger partial charge in [0, 0.05) is 13.6 Å². The number of nitrogens with one attached hydrogen (secondary N) is 2. The number of nitrogens with zero attached hydrogens (tertiary/aromatic N) is 2. The van der Waals surface area contributed by atoms with Crippen molar-refractivity contribution in [1.82, 2.24) is 15.2 Å². The normalized spacial score (nSPS) is 10.6. The molecule has 1 aromatic heterocycles. The molecule has 0 fully saturated rings. The molecule has 1 aromatic rings. The maximum absolute atomic E-state index is 11.5. The Hall–Kier alpha value is -1.37. The molecule has 0 spiro atoms. The highest BCUT2D eigenvalue weighted by Gasteiger charge is 2.13. The van der Waals surface area contributed by atoms with E-state index < -0.39 is 0 Å². The predicted octanol–water partition coefficient (Wildman–Crippen LogP) is 0.979. The molecule has 1 amide bonds. The van der Waals surface area contributed by atoms with E-state index in [2.05, 4.69) is 22.7 Å². The van der Waals surface area contributed by atoms with Crippen molar-refractivity contribution in [2.75, 3.05) is 25.6 Å². The highest BCUT2D eigenvalue weighted by Crippen LogP contribution is 2.18. The standard InChI is InChI=1S/C12H20ClN5O/c1-3-6-18(8-12(19)15-2)7-10-9(13)4-5-11(16-10)17-14/h4-5H,3,6-8,14H2,1-2H3,(H,15,19)(H,16,17). The van der Waals surface area contributed by atoms with Crippen LogP contribution in [0.5, 0.6) is 0 Å². The van der Waals surface area contributed by atoms with Gasteiger partial charge in [0.25, 0.3) is 0 Å². The van der Waals surface area contributed by atoms with E-state index in [4.69, 9.17) is 17.4 Å². The number of carbonyl (C=O) groups is 1. The van der Waals surface area contributed by atoms with Crippen molar-refractivity contribution in [3.8, 4) is 0 Å². The third-order valence-electron chi connectivity index (χ3n) is 2.63.